The van der Waals surface area contributed by atoms with E-state index in [2.05, 4.69) is 11.9 Å². The van der Waals surface area contributed by atoms with Gasteiger partial charge in [0, 0.05) is 31.0 Å². The minimum Gasteiger partial charge on any atom is -0.507 e. The normalized spacial score (nSPS) is 18.8. The number of aliphatic hydroxyl groups is 1. The lowest BCUT2D eigenvalue weighted by Crippen LogP contribution is -2.31. The molecule has 1 aromatic heterocycles. The number of hydrogen-bond donors (Lipinski definition) is 1. The van der Waals surface area contributed by atoms with Crippen LogP contribution in [0.25, 0.3) is 5.76 Å². The van der Waals surface area contributed by atoms with Crippen LogP contribution in [0.2, 0.25) is 0 Å². The van der Waals surface area contributed by atoms with Crippen molar-refractivity contribution >= 4 is 17.4 Å². The first-order valence-electron chi connectivity index (χ1n) is 11.8. The molecular weight excluding hydrogens is 446 g/mol. The fourth-order valence-electron chi connectivity index (χ4n) is 4.58. The van der Waals surface area contributed by atoms with Crippen LogP contribution in [0, 0.1) is 0 Å². The van der Waals surface area contributed by atoms with Gasteiger partial charge in [-0.2, -0.15) is 0 Å². The number of hydrogen-bond acceptors (Lipinski definition) is 6. The SMILES string of the molecule is CCc1ccc(C2C(=C(O)c3ccc4c(c3)OCCO4)C(=O)C(=O)N2CCCn2ccnc2)cc1. The molecule has 1 atom stereocenters. The summed E-state index contributed by atoms with van der Waals surface area (Å²) >= 11 is 0. The first kappa shape index (κ1) is 22.7. The number of nitrogens with zero attached hydrogens (tertiary/aromatic N) is 3. The average molecular weight is 474 g/mol. The van der Waals surface area contributed by atoms with Gasteiger partial charge in [-0.15, -0.1) is 0 Å². The van der Waals surface area contributed by atoms with E-state index in [1.807, 2.05) is 35.0 Å². The number of imidazole rings is 1. The third-order valence-electron chi connectivity index (χ3n) is 6.43. The van der Waals surface area contributed by atoms with Crippen molar-refractivity contribution in [3.63, 3.8) is 0 Å². The van der Waals surface area contributed by atoms with Crippen LogP contribution in [0.4, 0.5) is 0 Å². The quantitative estimate of drug-likeness (QED) is 0.319. The number of carbonyl (C=O) groups excluding carboxylic acids is 2. The predicted octanol–water partition coefficient (Wildman–Crippen LogP) is 3.73. The third kappa shape index (κ3) is 4.39. The molecule has 0 bridgehead atoms. The number of Topliss-reactive ketones (excluding diaryl/α,β-unsaturated/α-hetero) is 1. The molecule has 2 aliphatic heterocycles. The van der Waals surface area contributed by atoms with Gasteiger partial charge in [-0.1, -0.05) is 31.2 Å². The van der Waals surface area contributed by atoms with E-state index in [-0.39, 0.29) is 11.3 Å². The molecule has 3 aromatic rings. The van der Waals surface area contributed by atoms with Crippen LogP contribution in [-0.2, 0) is 22.6 Å². The van der Waals surface area contributed by atoms with Crippen LogP contribution < -0.4 is 9.47 Å². The first-order valence-corrected chi connectivity index (χ1v) is 11.8. The monoisotopic (exact) mass is 473 g/mol. The standard InChI is InChI=1S/C27H27N3O5/c1-2-18-4-6-19(7-5-18)24-23(25(31)20-8-9-21-22(16-20)35-15-14-34-21)26(32)27(33)30(24)12-3-11-29-13-10-28-17-29/h4-10,13,16-17,24,31H,2-3,11-12,14-15H2,1H3. The highest BCUT2D eigenvalue weighted by Gasteiger charge is 2.45. The van der Waals surface area contributed by atoms with Crippen molar-refractivity contribution in [1.29, 1.82) is 0 Å². The molecule has 1 fully saturated rings. The number of aromatic nitrogens is 2. The van der Waals surface area contributed by atoms with E-state index in [1.54, 1.807) is 35.6 Å². The minimum atomic E-state index is -0.690. The van der Waals surface area contributed by atoms with Crippen molar-refractivity contribution < 1.29 is 24.2 Å². The number of ketones is 1. The van der Waals surface area contributed by atoms with Crippen molar-refractivity contribution in [1.82, 2.24) is 14.5 Å². The highest BCUT2D eigenvalue weighted by Crippen LogP contribution is 2.41. The van der Waals surface area contributed by atoms with E-state index in [9.17, 15) is 14.7 Å². The maximum atomic E-state index is 13.2. The molecular formula is C27H27N3O5. The molecule has 8 heteroatoms. The summed E-state index contributed by atoms with van der Waals surface area (Å²) in [6, 6.07) is 12.2. The Hall–Kier alpha value is -4.07. The van der Waals surface area contributed by atoms with Gasteiger partial charge in [0.05, 0.1) is 17.9 Å². The Morgan fingerprint density at radius 2 is 1.83 bits per heavy atom. The zero-order valence-electron chi connectivity index (χ0n) is 19.5. The Labute approximate surface area is 203 Å². The molecule has 0 spiro atoms. The molecule has 0 saturated carbocycles. The largest absolute Gasteiger partial charge is 0.507 e. The summed E-state index contributed by atoms with van der Waals surface area (Å²) < 4.78 is 13.1. The average Bonchev–Trinajstić information content (AvgIpc) is 3.50. The van der Waals surface area contributed by atoms with Crippen LogP contribution in [0.5, 0.6) is 11.5 Å². The number of fused-ring (bicyclic) bond motifs is 1. The van der Waals surface area contributed by atoms with E-state index in [4.69, 9.17) is 9.47 Å². The summed E-state index contributed by atoms with van der Waals surface area (Å²) in [5.74, 6) is -0.441. The summed E-state index contributed by atoms with van der Waals surface area (Å²) in [5.41, 5.74) is 2.42. The fourth-order valence-corrected chi connectivity index (χ4v) is 4.58. The number of aryl methyl sites for hydroxylation is 2. The fraction of sp³-hybridized carbons (Fsp3) is 0.296. The molecule has 0 radical (unpaired) electrons. The molecule has 1 unspecified atom stereocenters. The van der Waals surface area contributed by atoms with Gasteiger partial charge in [0.15, 0.2) is 11.5 Å². The van der Waals surface area contributed by atoms with Crippen LogP contribution >= 0.6 is 0 Å². The second kappa shape index (κ2) is 9.66. The second-order valence-electron chi connectivity index (χ2n) is 8.60. The van der Waals surface area contributed by atoms with Gasteiger partial charge in [-0.25, -0.2) is 4.98 Å². The zero-order chi connectivity index (χ0) is 24.4. The van der Waals surface area contributed by atoms with E-state index < -0.39 is 17.7 Å². The van der Waals surface area contributed by atoms with Gasteiger partial charge >= 0.3 is 0 Å². The first-order chi connectivity index (χ1) is 17.1. The third-order valence-corrected chi connectivity index (χ3v) is 6.43. The topological polar surface area (TPSA) is 93.9 Å². The van der Waals surface area contributed by atoms with E-state index in [1.165, 1.54) is 0 Å². The Balaban J connectivity index is 1.53. The van der Waals surface area contributed by atoms with Crippen molar-refractivity contribution in [2.45, 2.75) is 32.4 Å². The lowest BCUT2D eigenvalue weighted by atomic mass is 9.94. The van der Waals surface area contributed by atoms with Crippen LogP contribution in [0.15, 0.2) is 66.8 Å². The Bertz CT molecular complexity index is 1260. The predicted molar refractivity (Wildman–Crippen MR) is 129 cm³/mol. The molecule has 3 heterocycles. The lowest BCUT2D eigenvalue weighted by Gasteiger charge is -2.26. The van der Waals surface area contributed by atoms with E-state index in [0.717, 1.165) is 17.5 Å². The van der Waals surface area contributed by atoms with Crippen molar-refractivity contribution in [2.75, 3.05) is 19.8 Å². The van der Waals surface area contributed by atoms with Crippen LogP contribution in [-0.4, -0.2) is 51.0 Å². The Morgan fingerprint density at radius 1 is 1.06 bits per heavy atom. The number of carbonyl (C=O) groups is 2. The Kier molecular flexibility index (Phi) is 6.27. The second-order valence-corrected chi connectivity index (χ2v) is 8.60. The van der Waals surface area contributed by atoms with Crippen molar-refractivity contribution in [3.05, 3.63) is 83.4 Å². The maximum Gasteiger partial charge on any atom is 0.295 e. The minimum absolute atomic E-state index is 0.0820. The van der Waals surface area contributed by atoms with Gasteiger partial charge < -0.3 is 24.0 Å². The smallest absolute Gasteiger partial charge is 0.295 e. The summed E-state index contributed by atoms with van der Waals surface area (Å²) in [6.45, 7) is 3.95. The van der Waals surface area contributed by atoms with E-state index >= 15 is 0 Å². The zero-order valence-corrected chi connectivity index (χ0v) is 19.5. The molecule has 2 aliphatic rings. The molecule has 0 aliphatic carbocycles. The van der Waals surface area contributed by atoms with Gasteiger partial charge in [-0.3, -0.25) is 9.59 Å². The van der Waals surface area contributed by atoms with Gasteiger partial charge in [0.1, 0.15) is 19.0 Å². The summed E-state index contributed by atoms with van der Waals surface area (Å²) in [7, 11) is 0. The molecule has 1 saturated heterocycles. The molecule has 1 amide bonds. The summed E-state index contributed by atoms with van der Waals surface area (Å²) in [6.07, 6.45) is 6.79. The molecule has 2 aromatic carbocycles. The lowest BCUT2D eigenvalue weighted by molar-refractivity contribution is -0.139. The number of rotatable bonds is 7. The van der Waals surface area contributed by atoms with Crippen molar-refractivity contribution in [2.24, 2.45) is 0 Å². The van der Waals surface area contributed by atoms with Gasteiger partial charge in [0.2, 0.25) is 0 Å². The highest BCUT2D eigenvalue weighted by atomic mass is 16.6. The van der Waals surface area contributed by atoms with Gasteiger partial charge in [-0.05, 0) is 42.2 Å². The molecule has 180 valence electrons. The number of benzene rings is 2. The van der Waals surface area contributed by atoms with E-state index in [0.29, 0.717) is 49.8 Å². The molecule has 5 rings (SSSR count). The summed E-state index contributed by atoms with van der Waals surface area (Å²) in [4.78, 5) is 32.0. The van der Waals surface area contributed by atoms with Crippen molar-refractivity contribution in [3.8, 4) is 11.5 Å². The number of amides is 1. The number of ether oxygens (including phenoxy) is 2. The molecule has 1 N–H and O–H groups in total. The Morgan fingerprint density at radius 3 is 2.54 bits per heavy atom. The number of aliphatic hydroxyl groups excluding tert-OH is 1. The summed E-state index contributed by atoms with van der Waals surface area (Å²) in [5, 5.41) is 11.3. The maximum absolute atomic E-state index is 13.2. The number of likely N-dealkylation sites (tertiary alicyclic amines) is 1. The van der Waals surface area contributed by atoms with Crippen LogP contribution in [0.1, 0.15) is 36.1 Å². The van der Waals surface area contributed by atoms with Gasteiger partial charge in [0.25, 0.3) is 11.7 Å². The molecule has 35 heavy (non-hydrogen) atoms. The van der Waals surface area contributed by atoms with Crippen LogP contribution in [0.3, 0.4) is 0 Å². The molecule has 8 nitrogen and oxygen atoms in total. The highest BCUT2D eigenvalue weighted by molar-refractivity contribution is 6.46.